The second kappa shape index (κ2) is 8.03. The summed E-state index contributed by atoms with van der Waals surface area (Å²) >= 11 is 0. The summed E-state index contributed by atoms with van der Waals surface area (Å²) in [7, 11) is 1.65. The van der Waals surface area contributed by atoms with Crippen molar-refractivity contribution >= 4 is 5.91 Å². The highest BCUT2D eigenvalue weighted by Gasteiger charge is 2.22. The molecule has 116 valence electrons. The molecule has 4 nitrogen and oxygen atoms in total. The first-order valence-corrected chi connectivity index (χ1v) is 7.84. The van der Waals surface area contributed by atoms with Gasteiger partial charge in [0.25, 0.3) is 0 Å². The number of carbonyl (C=O) groups excluding carboxylic acids is 1. The van der Waals surface area contributed by atoms with Crippen LogP contribution in [0.2, 0.25) is 0 Å². The van der Waals surface area contributed by atoms with Gasteiger partial charge in [0.15, 0.2) is 0 Å². The quantitative estimate of drug-likeness (QED) is 0.872. The van der Waals surface area contributed by atoms with Crippen LogP contribution in [0.1, 0.15) is 25.3 Å². The van der Waals surface area contributed by atoms with Crippen LogP contribution in [-0.2, 0) is 11.2 Å². The van der Waals surface area contributed by atoms with E-state index in [1.165, 1.54) is 0 Å². The van der Waals surface area contributed by atoms with Gasteiger partial charge in [-0.25, -0.2) is 0 Å². The van der Waals surface area contributed by atoms with Crippen molar-refractivity contribution in [2.24, 2.45) is 5.92 Å². The van der Waals surface area contributed by atoms with E-state index < -0.39 is 0 Å². The highest BCUT2D eigenvalue weighted by molar-refractivity contribution is 5.79. The number of nitrogens with zero attached hydrogens (tertiary/aromatic N) is 1. The Labute approximate surface area is 127 Å². The molecule has 1 amide bonds. The summed E-state index contributed by atoms with van der Waals surface area (Å²) in [4.78, 5) is 14.4. The van der Waals surface area contributed by atoms with E-state index in [1.807, 2.05) is 29.2 Å². The van der Waals surface area contributed by atoms with E-state index in [4.69, 9.17) is 4.74 Å². The smallest absolute Gasteiger partial charge is 0.226 e. The van der Waals surface area contributed by atoms with Gasteiger partial charge >= 0.3 is 0 Å². The summed E-state index contributed by atoms with van der Waals surface area (Å²) in [6, 6.07) is 7.76. The Kier molecular flexibility index (Phi) is 6.05. The van der Waals surface area contributed by atoms with Crippen molar-refractivity contribution in [3.05, 3.63) is 29.8 Å². The Morgan fingerprint density at radius 2 is 2.14 bits per heavy atom. The molecule has 0 unspecified atom stereocenters. The van der Waals surface area contributed by atoms with Gasteiger partial charge in [0.05, 0.1) is 13.5 Å². The topological polar surface area (TPSA) is 41.6 Å². The first kappa shape index (κ1) is 15.8. The molecular weight excluding hydrogens is 264 g/mol. The second-order valence-electron chi connectivity index (χ2n) is 5.66. The third kappa shape index (κ3) is 4.74. The van der Waals surface area contributed by atoms with Gasteiger partial charge in [-0.3, -0.25) is 4.79 Å². The maximum atomic E-state index is 12.4. The Hall–Kier alpha value is -1.55. The van der Waals surface area contributed by atoms with E-state index in [9.17, 15) is 4.79 Å². The number of benzene rings is 1. The number of nitrogens with one attached hydrogen (secondary N) is 1. The maximum absolute atomic E-state index is 12.4. The van der Waals surface area contributed by atoms with Crippen molar-refractivity contribution in [1.82, 2.24) is 10.2 Å². The molecule has 2 rings (SSSR count). The highest BCUT2D eigenvalue weighted by Crippen LogP contribution is 2.18. The first-order valence-electron chi connectivity index (χ1n) is 7.84. The lowest BCUT2D eigenvalue weighted by molar-refractivity contribution is -0.131. The van der Waals surface area contributed by atoms with Gasteiger partial charge < -0.3 is 15.0 Å². The van der Waals surface area contributed by atoms with Crippen LogP contribution in [0.4, 0.5) is 0 Å². The summed E-state index contributed by atoms with van der Waals surface area (Å²) in [5, 5.41) is 3.40. The van der Waals surface area contributed by atoms with Gasteiger partial charge in [-0.2, -0.15) is 0 Å². The summed E-state index contributed by atoms with van der Waals surface area (Å²) in [6.07, 6.45) is 2.68. The van der Waals surface area contributed by atoms with Crippen LogP contribution in [0.25, 0.3) is 0 Å². The second-order valence-corrected chi connectivity index (χ2v) is 5.66. The highest BCUT2D eigenvalue weighted by atomic mass is 16.5. The van der Waals surface area contributed by atoms with Crippen molar-refractivity contribution in [2.45, 2.75) is 26.2 Å². The monoisotopic (exact) mass is 290 g/mol. The van der Waals surface area contributed by atoms with E-state index in [2.05, 4.69) is 12.2 Å². The van der Waals surface area contributed by atoms with Crippen molar-refractivity contribution in [2.75, 3.05) is 33.3 Å². The molecular formula is C17H26N2O2. The molecule has 1 aromatic rings. The molecule has 21 heavy (non-hydrogen) atoms. The molecule has 0 atom stereocenters. The average Bonchev–Trinajstić information content (AvgIpc) is 2.53. The maximum Gasteiger partial charge on any atom is 0.226 e. The number of hydrogen-bond acceptors (Lipinski definition) is 3. The molecule has 0 bridgehead atoms. The predicted molar refractivity (Wildman–Crippen MR) is 84.5 cm³/mol. The number of carbonyl (C=O) groups is 1. The SMILES string of the molecule is CCNCC1CCN(C(=O)Cc2cccc(OC)c2)CC1. The van der Waals surface area contributed by atoms with Crippen LogP contribution in [0.5, 0.6) is 5.75 Å². The number of rotatable bonds is 6. The lowest BCUT2D eigenvalue weighted by Gasteiger charge is -2.32. The fourth-order valence-electron chi connectivity index (χ4n) is 2.80. The Morgan fingerprint density at radius 1 is 1.38 bits per heavy atom. The number of amides is 1. The fourth-order valence-corrected chi connectivity index (χ4v) is 2.80. The Bertz CT molecular complexity index is 454. The number of likely N-dealkylation sites (tertiary alicyclic amines) is 1. The summed E-state index contributed by atoms with van der Waals surface area (Å²) in [5.41, 5.74) is 1.02. The number of hydrogen-bond donors (Lipinski definition) is 1. The third-order valence-corrected chi connectivity index (χ3v) is 4.14. The third-order valence-electron chi connectivity index (χ3n) is 4.14. The molecule has 1 aliphatic heterocycles. The lowest BCUT2D eigenvalue weighted by atomic mass is 9.96. The van der Waals surface area contributed by atoms with Crippen LogP contribution in [0, 0.1) is 5.92 Å². The van der Waals surface area contributed by atoms with E-state index in [0.29, 0.717) is 12.3 Å². The zero-order chi connectivity index (χ0) is 15.1. The molecule has 0 aromatic heterocycles. The predicted octanol–water partition coefficient (Wildman–Crippen LogP) is 2.09. The van der Waals surface area contributed by atoms with Crippen molar-refractivity contribution in [1.29, 1.82) is 0 Å². The molecule has 1 heterocycles. The van der Waals surface area contributed by atoms with Gasteiger partial charge in [-0.15, -0.1) is 0 Å². The Morgan fingerprint density at radius 3 is 2.81 bits per heavy atom. The van der Waals surface area contributed by atoms with Crippen molar-refractivity contribution < 1.29 is 9.53 Å². The normalized spacial score (nSPS) is 16.0. The molecule has 1 aromatic carbocycles. The largest absolute Gasteiger partial charge is 0.497 e. The van der Waals surface area contributed by atoms with Crippen molar-refractivity contribution in [3.63, 3.8) is 0 Å². The minimum Gasteiger partial charge on any atom is -0.497 e. The fraction of sp³-hybridized carbons (Fsp3) is 0.588. The number of ether oxygens (including phenoxy) is 1. The van der Waals surface area contributed by atoms with Gasteiger partial charge in [-0.1, -0.05) is 19.1 Å². The van der Waals surface area contributed by atoms with E-state index in [0.717, 1.165) is 50.3 Å². The number of piperidine rings is 1. The van der Waals surface area contributed by atoms with Crippen LogP contribution >= 0.6 is 0 Å². The molecule has 0 spiro atoms. The first-order chi connectivity index (χ1) is 10.2. The van der Waals surface area contributed by atoms with E-state index in [1.54, 1.807) is 7.11 Å². The minimum absolute atomic E-state index is 0.227. The number of methoxy groups -OCH3 is 1. The van der Waals surface area contributed by atoms with Gasteiger partial charge in [-0.05, 0) is 49.5 Å². The van der Waals surface area contributed by atoms with Crippen LogP contribution in [0.3, 0.4) is 0 Å². The molecule has 0 radical (unpaired) electrons. The Balaban J connectivity index is 1.81. The van der Waals surface area contributed by atoms with Crippen LogP contribution in [-0.4, -0.2) is 44.1 Å². The zero-order valence-electron chi connectivity index (χ0n) is 13.1. The van der Waals surface area contributed by atoms with Gasteiger partial charge in [0.1, 0.15) is 5.75 Å². The molecule has 1 N–H and O–H groups in total. The van der Waals surface area contributed by atoms with Crippen LogP contribution in [0.15, 0.2) is 24.3 Å². The molecule has 0 saturated carbocycles. The van der Waals surface area contributed by atoms with Crippen molar-refractivity contribution in [3.8, 4) is 5.75 Å². The summed E-state index contributed by atoms with van der Waals surface area (Å²) in [6.45, 7) is 6.01. The average molecular weight is 290 g/mol. The molecule has 4 heteroatoms. The molecule has 0 aliphatic carbocycles. The zero-order valence-corrected chi connectivity index (χ0v) is 13.1. The molecule has 1 fully saturated rings. The van der Waals surface area contributed by atoms with E-state index in [-0.39, 0.29) is 5.91 Å². The van der Waals surface area contributed by atoms with Gasteiger partial charge in [0, 0.05) is 13.1 Å². The summed E-state index contributed by atoms with van der Waals surface area (Å²) < 4.78 is 5.20. The standard InChI is InChI=1S/C17H26N2O2/c1-3-18-13-14-7-9-19(10-8-14)17(20)12-15-5-4-6-16(11-15)21-2/h4-6,11,14,18H,3,7-10,12-13H2,1-2H3. The molecule has 1 saturated heterocycles. The summed E-state index contributed by atoms with van der Waals surface area (Å²) in [5.74, 6) is 1.75. The molecule has 1 aliphatic rings. The van der Waals surface area contributed by atoms with E-state index >= 15 is 0 Å². The lowest BCUT2D eigenvalue weighted by Crippen LogP contribution is -2.41. The minimum atomic E-state index is 0.227. The van der Waals surface area contributed by atoms with Gasteiger partial charge in [0.2, 0.25) is 5.91 Å². The van der Waals surface area contributed by atoms with Crippen LogP contribution < -0.4 is 10.1 Å².